The van der Waals surface area contributed by atoms with Crippen LogP contribution in [0.3, 0.4) is 0 Å². The van der Waals surface area contributed by atoms with Gasteiger partial charge >= 0.3 is 0 Å². The predicted octanol–water partition coefficient (Wildman–Crippen LogP) is 5.87. The lowest BCUT2D eigenvalue weighted by Crippen LogP contribution is -2.20. The van der Waals surface area contributed by atoms with E-state index in [1.165, 1.54) is 0 Å². The van der Waals surface area contributed by atoms with Crippen LogP contribution in [0.25, 0.3) is 0 Å². The first-order valence-corrected chi connectivity index (χ1v) is 11.8. The molecule has 0 saturated carbocycles. The summed E-state index contributed by atoms with van der Waals surface area (Å²) in [5.74, 6) is 0. The van der Waals surface area contributed by atoms with E-state index in [-0.39, 0.29) is 6.10 Å². The van der Waals surface area contributed by atoms with Crippen molar-refractivity contribution in [1.82, 2.24) is 0 Å². The summed E-state index contributed by atoms with van der Waals surface area (Å²) in [4.78, 5) is 0. The van der Waals surface area contributed by atoms with Gasteiger partial charge in [-0.2, -0.15) is 0 Å². The van der Waals surface area contributed by atoms with Gasteiger partial charge < -0.3 is 4.52 Å². The van der Waals surface area contributed by atoms with Crippen LogP contribution in [0.1, 0.15) is 11.7 Å². The van der Waals surface area contributed by atoms with Gasteiger partial charge in [-0.15, -0.1) is 0 Å². The smallest absolute Gasteiger partial charge is 0.261 e. The first kappa shape index (κ1) is 18.8. The van der Waals surface area contributed by atoms with Crippen molar-refractivity contribution in [3.63, 3.8) is 0 Å². The summed E-state index contributed by atoms with van der Waals surface area (Å²) in [6, 6.07) is 26.9. The van der Waals surface area contributed by atoms with Gasteiger partial charge in [-0.25, -0.2) is 0 Å². The Hall–Kier alpha value is -0.940. The Morgan fingerprint density at radius 2 is 1.44 bits per heavy atom. The maximum Gasteiger partial charge on any atom is 0.261 e. The van der Waals surface area contributed by atoms with Gasteiger partial charge in [-0.05, 0) is 42.0 Å². The molecular formula is C20H17BrIO2P. The topological polar surface area (TPSA) is 26.3 Å². The zero-order chi connectivity index (χ0) is 17.7. The van der Waals surface area contributed by atoms with Gasteiger partial charge in [0.05, 0.1) is 6.10 Å². The van der Waals surface area contributed by atoms with E-state index in [9.17, 15) is 4.57 Å². The van der Waals surface area contributed by atoms with Gasteiger partial charge in [-0.3, -0.25) is 4.57 Å². The summed E-state index contributed by atoms with van der Waals surface area (Å²) in [6.45, 7) is 0. The number of hydrogen-bond donors (Lipinski definition) is 0. The van der Waals surface area contributed by atoms with E-state index in [0.29, 0.717) is 15.0 Å². The molecule has 5 heteroatoms. The first-order chi connectivity index (χ1) is 12.1. The Kier molecular flexibility index (Phi) is 6.50. The Morgan fingerprint density at radius 3 is 1.92 bits per heavy atom. The molecule has 3 rings (SSSR count). The molecule has 0 fully saturated rings. The normalized spacial score (nSPS) is 12.7. The van der Waals surface area contributed by atoms with Crippen LogP contribution < -0.4 is 10.6 Å². The Bertz CT molecular complexity index is 828. The highest BCUT2D eigenvalue weighted by Crippen LogP contribution is 2.49. The van der Waals surface area contributed by atoms with E-state index in [1.54, 1.807) is 0 Å². The molecule has 0 aliphatic heterocycles. The minimum absolute atomic E-state index is 0.260. The number of halogens is 2. The molecule has 0 aliphatic rings. The highest BCUT2D eigenvalue weighted by molar-refractivity contribution is 14.1. The first-order valence-electron chi connectivity index (χ1n) is 7.84. The Balaban J connectivity index is 2.05. The molecule has 25 heavy (non-hydrogen) atoms. The number of benzene rings is 3. The van der Waals surface area contributed by atoms with Crippen LogP contribution in [0.15, 0.2) is 89.4 Å². The van der Waals surface area contributed by atoms with Crippen LogP contribution in [0, 0.1) is 0 Å². The summed E-state index contributed by atoms with van der Waals surface area (Å²) in [5, 5.41) is 1.43. The van der Waals surface area contributed by atoms with Crippen molar-refractivity contribution < 1.29 is 9.09 Å². The monoisotopic (exact) mass is 526 g/mol. The van der Waals surface area contributed by atoms with Gasteiger partial charge in [0.15, 0.2) is 0 Å². The molecule has 1 unspecified atom stereocenters. The van der Waals surface area contributed by atoms with Crippen molar-refractivity contribution in [2.24, 2.45) is 0 Å². The van der Waals surface area contributed by atoms with E-state index in [4.69, 9.17) is 4.52 Å². The molecule has 3 aromatic rings. The molecule has 1 atom stereocenters. The van der Waals surface area contributed by atoms with Gasteiger partial charge in [-0.1, -0.05) is 87.1 Å². The minimum Gasteiger partial charge on any atom is -0.313 e. The third-order valence-electron chi connectivity index (χ3n) is 3.83. The predicted molar refractivity (Wildman–Crippen MR) is 117 cm³/mol. The zero-order valence-electron chi connectivity index (χ0n) is 13.4. The second kappa shape index (κ2) is 8.63. The molecule has 0 heterocycles. The lowest BCUT2D eigenvalue weighted by atomic mass is 10.1. The summed E-state index contributed by atoms with van der Waals surface area (Å²) in [7, 11) is -3.20. The number of hydrogen-bond acceptors (Lipinski definition) is 2. The van der Waals surface area contributed by atoms with E-state index >= 15 is 0 Å². The molecule has 0 aromatic heterocycles. The Morgan fingerprint density at radius 1 is 0.880 bits per heavy atom. The highest BCUT2D eigenvalue weighted by Gasteiger charge is 2.32. The average Bonchev–Trinajstić information content (AvgIpc) is 2.67. The average molecular weight is 527 g/mol. The van der Waals surface area contributed by atoms with E-state index in [1.807, 2.05) is 84.9 Å². The van der Waals surface area contributed by atoms with Crippen molar-refractivity contribution in [3.8, 4) is 0 Å². The van der Waals surface area contributed by atoms with Crippen LogP contribution in [-0.4, -0.2) is 4.43 Å². The Labute approximate surface area is 170 Å². The summed E-state index contributed by atoms with van der Waals surface area (Å²) in [6.07, 6.45) is -0.260. The van der Waals surface area contributed by atoms with Crippen LogP contribution >= 0.6 is 45.9 Å². The van der Waals surface area contributed by atoms with Gasteiger partial charge in [0.2, 0.25) is 0 Å². The third kappa shape index (κ3) is 4.43. The number of alkyl halides is 1. The fourth-order valence-corrected chi connectivity index (χ4v) is 6.20. The minimum atomic E-state index is -3.20. The molecule has 128 valence electrons. The second-order valence-corrected chi connectivity index (χ2v) is 9.67. The molecule has 0 spiro atoms. The van der Waals surface area contributed by atoms with Crippen molar-refractivity contribution >= 4 is 56.5 Å². The third-order valence-corrected chi connectivity index (χ3v) is 7.63. The maximum absolute atomic E-state index is 14.0. The van der Waals surface area contributed by atoms with E-state index in [0.717, 1.165) is 10.0 Å². The van der Waals surface area contributed by atoms with Crippen molar-refractivity contribution in [3.05, 3.63) is 95.0 Å². The van der Waals surface area contributed by atoms with Gasteiger partial charge in [0.25, 0.3) is 7.37 Å². The maximum atomic E-state index is 14.0. The molecule has 0 aliphatic carbocycles. The molecule has 2 nitrogen and oxygen atoms in total. The summed E-state index contributed by atoms with van der Waals surface area (Å²) in [5.41, 5.74) is 1.01. The standard InChI is InChI=1S/C20H17BrIO2P/c21-17-9-7-8-16(14-17)20(15-22)24-25(23,18-10-3-1-4-11-18)19-12-5-2-6-13-19/h1-14,20H,15H2. The van der Waals surface area contributed by atoms with Crippen molar-refractivity contribution in [2.45, 2.75) is 6.10 Å². The largest absolute Gasteiger partial charge is 0.313 e. The summed E-state index contributed by atoms with van der Waals surface area (Å²) >= 11 is 5.78. The van der Waals surface area contributed by atoms with E-state index in [2.05, 4.69) is 38.5 Å². The molecule has 0 bridgehead atoms. The summed E-state index contributed by atoms with van der Waals surface area (Å²) < 4.78 is 22.0. The lowest BCUT2D eigenvalue weighted by molar-refractivity contribution is 0.246. The van der Waals surface area contributed by atoms with Crippen LogP contribution in [0.2, 0.25) is 0 Å². The fourth-order valence-electron chi connectivity index (χ4n) is 2.58. The van der Waals surface area contributed by atoms with Crippen LogP contribution in [-0.2, 0) is 9.09 Å². The highest BCUT2D eigenvalue weighted by atomic mass is 127. The van der Waals surface area contributed by atoms with Crippen molar-refractivity contribution in [1.29, 1.82) is 0 Å². The molecule has 0 saturated heterocycles. The molecule has 0 radical (unpaired) electrons. The van der Waals surface area contributed by atoms with Gasteiger partial charge in [0.1, 0.15) is 0 Å². The SMILES string of the molecule is O=P(OC(CI)c1cccc(Br)c1)(c1ccccc1)c1ccccc1. The van der Waals surface area contributed by atoms with Crippen LogP contribution in [0.5, 0.6) is 0 Å². The molecule has 0 N–H and O–H groups in total. The molecular weight excluding hydrogens is 510 g/mol. The van der Waals surface area contributed by atoms with Crippen LogP contribution in [0.4, 0.5) is 0 Å². The molecule has 3 aromatic carbocycles. The lowest BCUT2D eigenvalue weighted by Gasteiger charge is -2.25. The van der Waals surface area contributed by atoms with Crippen molar-refractivity contribution in [2.75, 3.05) is 4.43 Å². The quantitative estimate of drug-likeness (QED) is 0.228. The molecule has 0 amide bonds. The van der Waals surface area contributed by atoms with E-state index < -0.39 is 7.37 Å². The fraction of sp³-hybridized carbons (Fsp3) is 0.100. The zero-order valence-corrected chi connectivity index (χ0v) is 18.0. The van der Waals surface area contributed by atoms with Gasteiger partial charge in [0, 0.05) is 19.5 Å². The number of rotatable bonds is 6. The second-order valence-electron chi connectivity index (χ2n) is 5.53.